The summed E-state index contributed by atoms with van der Waals surface area (Å²) in [7, 11) is -2.45. The van der Waals surface area contributed by atoms with Gasteiger partial charge in [-0.25, -0.2) is 13.2 Å². The number of nitrogens with one attached hydrogen (secondary N) is 2. The Kier molecular flexibility index (Phi) is 15.7. The Morgan fingerprint density at radius 1 is 0.911 bits per heavy atom. The van der Waals surface area contributed by atoms with Crippen LogP contribution in [0, 0.1) is 16.2 Å². The SMILES string of the molecule is CN(Cc1cccc(COC(C)(C)C)n1)C(=O)N[C@H](C(=O)N[C@@H](Cc1ccccc1)[C@H](O)CN(CC1CCCC1)S(=O)(=O)c1ccc(CN=O)cc1)C(C)(C)C. The van der Waals surface area contributed by atoms with Crippen molar-refractivity contribution < 1.29 is 27.9 Å². The monoisotopic (exact) mass is 792 g/mol. The summed E-state index contributed by atoms with van der Waals surface area (Å²) in [5.74, 6) is -0.382. The van der Waals surface area contributed by atoms with Crippen molar-refractivity contribution in [3.8, 4) is 0 Å². The van der Waals surface area contributed by atoms with Gasteiger partial charge in [-0.3, -0.25) is 9.78 Å². The summed E-state index contributed by atoms with van der Waals surface area (Å²) < 4.78 is 35.5. The van der Waals surface area contributed by atoms with Gasteiger partial charge >= 0.3 is 6.03 Å². The first kappa shape index (κ1) is 44.5. The third-order valence-corrected chi connectivity index (χ3v) is 11.7. The van der Waals surface area contributed by atoms with Gasteiger partial charge in [0.25, 0.3) is 0 Å². The van der Waals surface area contributed by atoms with E-state index in [1.807, 2.05) is 90.1 Å². The number of ether oxygens (including phenoxy) is 1. The minimum atomic E-state index is -4.08. The van der Waals surface area contributed by atoms with Crippen LogP contribution in [0.1, 0.15) is 89.7 Å². The van der Waals surface area contributed by atoms with Crippen molar-refractivity contribution in [2.24, 2.45) is 16.5 Å². The molecule has 1 heterocycles. The number of sulfonamides is 1. The maximum absolute atomic E-state index is 14.2. The number of carbonyl (C=O) groups excluding carboxylic acids is 2. The first-order chi connectivity index (χ1) is 26.4. The number of hydrogen-bond donors (Lipinski definition) is 3. The van der Waals surface area contributed by atoms with Crippen LogP contribution in [0.2, 0.25) is 0 Å². The second-order valence-corrected chi connectivity index (χ2v) is 18.8. The molecule has 306 valence electrons. The number of hydrogen-bond acceptors (Lipinski definition) is 9. The largest absolute Gasteiger partial charge is 0.390 e. The Morgan fingerprint density at radius 2 is 1.55 bits per heavy atom. The van der Waals surface area contributed by atoms with E-state index in [0.29, 0.717) is 17.9 Å². The molecule has 4 rings (SSSR count). The van der Waals surface area contributed by atoms with E-state index in [1.165, 1.54) is 21.3 Å². The van der Waals surface area contributed by atoms with Gasteiger partial charge in [-0.2, -0.15) is 9.21 Å². The first-order valence-electron chi connectivity index (χ1n) is 19.4. The Bertz CT molecular complexity index is 1840. The fourth-order valence-corrected chi connectivity index (χ4v) is 8.24. The van der Waals surface area contributed by atoms with Gasteiger partial charge < -0.3 is 25.4 Å². The van der Waals surface area contributed by atoms with E-state index >= 15 is 0 Å². The summed E-state index contributed by atoms with van der Waals surface area (Å²) in [5, 5.41) is 20.7. The summed E-state index contributed by atoms with van der Waals surface area (Å²) in [6.07, 6.45) is 2.67. The molecule has 0 spiro atoms. The number of aliphatic hydroxyl groups is 1. The maximum Gasteiger partial charge on any atom is 0.318 e. The lowest BCUT2D eigenvalue weighted by molar-refractivity contribution is -0.127. The van der Waals surface area contributed by atoms with Gasteiger partial charge in [0.1, 0.15) is 12.6 Å². The van der Waals surface area contributed by atoms with Crippen molar-refractivity contribution in [3.63, 3.8) is 0 Å². The van der Waals surface area contributed by atoms with E-state index in [0.717, 1.165) is 36.9 Å². The quantitative estimate of drug-likeness (QED) is 0.128. The normalized spacial score (nSPS) is 15.6. The lowest BCUT2D eigenvalue weighted by Crippen LogP contribution is -2.60. The molecule has 0 bridgehead atoms. The zero-order valence-corrected chi connectivity index (χ0v) is 34.7. The molecule has 56 heavy (non-hydrogen) atoms. The fraction of sp³-hybridized carbons (Fsp3) is 0.548. The highest BCUT2D eigenvalue weighted by molar-refractivity contribution is 7.89. The molecule has 0 saturated heterocycles. The van der Waals surface area contributed by atoms with Gasteiger partial charge in [0.05, 0.1) is 47.2 Å². The molecule has 0 aliphatic heterocycles. The fourth-order valence-electron chi connectivity index (χ4n) is 6.71. The Balaban J connectivity index is 1.55. The van der Waals surface area contributed by atoms with E-state index in [9.17, 15) is 28.0 Å². The van der Waals surface area contributed by atoms with Gasteiger partial charge in [0.2, 0.25) is 15.9 Å². The maximum atomic E-state index is 14.2. The van der Waals surface area contributed by atoms with E-state index in [-0.39, 0.29) is 49.0 Å². The summed E-state index contributed by atoms with van der Waals surface area (Å²) in [6, 6.07) is 18.5. The van der Waals surface area contributed by atoms with Crippen molar-refractivity contribution in [1.29, 1.82) is 0 Å². The number of carbonyl (C=O) groups is 2. The van der Waals surface area contributed by atoms with Gasteiger partial charge in [-0.15, -0.1) is 0 Å². The van der Waals surface area contributed by atoms with Crippen LogP contribution in [0.3, 0.4) is 0 Å². The number of pyridine rings is 1. The molecule has 1 fully saturated rings. The highest BCUT2D eigenvalue weighted by Gasteiger charge is 2.38. The second-order valence-electron chi connectivity index (χ2n) is 16.9. The number of amides is 3. The molecule has 13 nitrogen and oxygen atoms in total. The molecular formula is C42H60N6O7S. The van der Waals surface area contributed by atoms with Crippen LogP contribution < -0.4 is 10.6 Å². The molecule has 14 heteroatoms. The predicted molar refractivity (Wildman–Crippen MR) is 217 cm³/mol. The van der Waals surface area contributed by atoms with Crippen LogP contribution in [0.5, 0.6) is 0 Å². The third kappa shape index (κ3) is 13.5. The average Bonchev–Trinajstić information content (AvgIpc) is 3.66. The minimum absolute atomic E-state index is 0.0424. The number of nitroso groups, excluding NO2 is 1. The van der Waals surface area contributed by atoms with Crippen molar-refractivity contribution in [3.05, 3.63) is 100 Å². The molecule has 1 aliphatic rings. The Labute approximate surface area is 332 Å². The van der Waals surface area contributed by atoms with Crippen LogP contribution in [0.25, 0.3) is 0 Å². The van der Waals surface area contributed by atoms with E-state index < -0.39 is 45.6 Å². The third-order valence-electron chi connectivity index (χ3n) is 9.89. The van der Waals surface area contributed by atoms with Crippen LogP contribution >= 0.6 is 0 Å². The van der Waals surface area contributed by atoms with Crippen molar-refractivity contribution in [1.82, 2.24) is 24.8 Å². The minimum Gasteiger partial charge on any atom is -0.390 e. The smallest absolute Gasteiger partial charge is 0.318 e. The van der Waals surface area contributed by atoms with E-state index in [2.05, 4.69) is 20.8 Å². The molecule has 2 aromatic carbocycles. The molecule has 3 aromatic rings. The predicted octanol–water partition coefficient (Wildman–Crippen LogP) is 6.19. The molecule has 1 aromatic heterocycles. The van der Waals surface area contributed by atoms with Crippen molar-refractivity contribution in [2.75, 3.05) is 20.1 Å². The van der Waals surface area contributed by atoms with Gasteiger partial charge in [0, 0.05) is 20.1 Å². The highest BCUT2D eigenvalue weighted by Crippen LogP contribution is 2.29. The number of urea groups is 1. The van der Waals surface area contributed by atoms with E-state index in [1.54, 1.807) is 19.2 Å². The molecule has 0 unspecified atom stereocenters. The lowest BCUT2D eigenvalue weighted by Gasteiger charge is -2.35. The van der Waals surface area contributed by atoms with Crippen molar-refractivity contribution in [2.45, 2.75) is 122 Å². The van der Waals surface area contributed by atoms with Gasteiger partial charge in [0.15, 0.2) is 0 Å². The second kappa shape index (κ2) is 19.8. The van der Waals surface area contributed by atoms with Crippen LogP contribution in [0.4, 0.5) is 4.79 Å². The summed E-state index contributed by atoms with van der Waals surface area (Å²) in [5.41, 5.74) is 1.75. The summed E-state index contributed by atoms with van der Waals surface area (Å²) in [6.45, 7) is 11.8. The standard InChI is InChI=1S/C42H60N6O7S/c1-41(2,3)38(46-40(51)47(7)27-33-18-13-19-34(44-33)29-55-42(4,5)6)39(50)45-36(24-30-14-9-8-10-15-30)37(49)28-48(26-32-16-11-12-17-32)56(53,54)35-22-20-31(21-23-35)25-43-52/h8-10,13-15,18-23,32,36-38,49H,11-12,16-17,24-29H2,1-7H3,(H,45,50)(H,46,51)/t36-,37+,38+/m0/s1. The van der Waals surface area contributed by atoms with Crippen molar-refractivity contribution >= 4 is 22.0 Å². The molecule has 3 atom stereocenters. The van der Waals surface area contributed by atoms with Gasteiger partial charge in [-0.1, -0.05) is 87.3 Å². The Morgan fingerprint density at radius 3 is 2.16 bits per heavy atom. The van der Waals surface area contributed by atoms with E-state index in [4.69, 9.17) is 4.74 Å². The number of aromatic nitrogens is 1. The molecule has 0 radical (unpaired) electrons. The molecule has 3 N–H and O–H groups in total. The molecule has 3 amide bonds. The average molecular weight is 793 g/mol. The summed E-state index contributed by atoms with van der Waals surface area (Å²) >= 11 is 0. The highest BCUT2D eigenvalue weighted by atomic mass is 32.2. The topological polar surface area (TPSA) is 171 Å². The first-order valence-corrected chi connectivity index (χ1v) is 20.8. The van der Waals surface area contributed by atoms with Crippen LogP contribution in [-0.2, 0) is 45.7 Å². The molecule has 1 aliphatic carbocycles. The number of benzene rings is 2. The zero-order valence-electron chi connectivity index (χ0n) is 33.9. The molecule has 1 saturated carbocycles. The number of rotatable bonds is 18. The van der Waals surface area contributed by atoms with Crippen LogP contribution in [0.15, 0.2) is 82.9 Å². The zero-order chi connectivity index (χ0) is 41.1. The van der Waals surface area contributed by atoms with Gasteiger partial charge in [-0.05, 0) is 86.8 Å². The van der Waals surface area contributed by atoms with Crippen LogP contribution in [-0.4, -0.2) is 83.6 Å². The Hall–Kier alpha value is -4.24. The lowest BCUT2D eigenvalue weighted by atomic mass is 9.85. The summed E-state index contributed by atoms with van der Waals surface area (Å²) in [4.78, 5) is 44.8. The number of aliphatic hydroxyl groups excluding tert-OH is 1. The molecular weight excluding hydrogens is 733 g/mol. The number of nitrogens with zero attached hydrogens (tertiary/aromatic N) is 4.